The minimum absolute atomic E-state index is 0.636. The van der Waals surface area contributed by atoms with Crippen LogP contribution in [0, 0.1) is 6.92 Å². The summed E-state index contributed by atoms with van der Waals surface area (Å²) in [6, 6.07) is 5.70. The Kier molecular flexibility index (Phi) is 3.14. The molecule has 0 aliphatic heterocycles. The third-order valence-corrected chi connectivity index (χ3v) is 2.54. The van der Waals surface area contributed by atoms with Gasteiger partial charge in [-0.25, -0.2) is 9.97 Å². The summed E-state index contributed by atoms with van der Waals surface area (Å²) in [4.78, 5) is 13.0. The first-order valence-electron chi connectivity index (χ1n) is 4.84. The molecule has 0 aliphatic rings. The van der Waals surface area contributed by atoms with E-state index in [0.29, 0.717) is 5.82 Å². The van der Waals surface area contributed by atoms with Crippen LogP contribution in [-0.4, -0.2) is 22.0 Å². The van der Waals surface area contributed by atoms with Crippen LogP contribution in [0.4, 0.5) is 5.82 Å². The van der Waals surface area contributed by atoms with Crippen LogP contribution in [0.3, 0.4) is 0 Å². The van der Waals surface area contributed by atoms with Crippen LogP contribution < -0.4 is 5.32 Å². The molecular formula is C11H11BrN4. The normalized spacial score (nSPS) is 10.2. The minimum atomic E-state index is 0.636. The maximum Gasteiger partial charge on any atom is 0.180 e. The molecule has 0 aromatic carbocycles. The van der Waals surface area contributed by atoms with Gasteiger partial charge in [0, 0.05) is 29.5 Å². The minimum Gasteiger partial charge on any atom is -0.373 e. The predicted molar refractivity (Wildman–Crippen MR) is 67.2 cm³/mol. The number of aryl methyl sites for hydroxylation is 1. The number of nitrogens with zero attached hydrogens (tertiary/aromatic N) is 3. The van der Waals surface area contributed by atoms with E-state index in [2.05, 4.69) is 36.2 Å². The maximum absolute atomic E-state index is 4.35. The molecule has 0 unspecified atom stereocenters. The van der Waals surface area contributed by atoms with E-state index >= 15 is 0 Å². The molecule has 0 fully saturated rings. The Hall–Kier alpha value is -1.49. The Morgan fingerprint density at radius 3 is 2.69 bits per heavy atom. The average molecular weight is 279 g/mol. The average Bonchev–Trinajstić information content (AvgIpc) is 2.29. The Morgan fingerprint density at radius 2 is 2.06 bits per heavy atom. The third kappa shape index (κ3) is 2.36. The van der Waals surface area contributed by atoms with Crippen LogP contribution in [-0.2, 0) is 0 Å². The lowest BCUT2D eigenvalue weighted by Gasteiger charge is -2.04. The van der Waals surface area contributed by atoms with Crippen molar-refractivity contribution in [1.82, 2.24) is 15.0 Å². The molecule has 0 amide bonds. The first-order chi connectivity index (χ1) is 7.69. The summed E-state index contributed by atoms with van der Waals surface area (Å²) in [6.07, 6.45) is 1.74. The van der Waals surface area contributed by atoms with Gasteiger partial charge in [-0.05, 0) is 35.0 Å². The van der Waals surface area contributed by atoms with Gasteiger partial charge in [0.25, 0.3) is 0 Å². The van der Waals surface area contributed by atoms with Gasteiger partial charge in [-0.2, -0.15) is 0 Å². The maximum atomic E-state index is 4.35. The summed E-state index contributed by atoms with van der Waals surface area (Å²) in [5, 5.41) is 3.00. The molecule has 2 rings (SSSR count). The van der Waals surface area contributed by atoms with E-state index in [9.17, 15) is 0 Å². The van der Waals surface area contributed by atoms with Crippen molar-refractivity contribution < 1.29 is 0 Å². The molecule has 0 saturated heterocycles. The molecule has 0 aliphatic carbocycles. The second kappa shape index (κ2) is 4.57. The Labute approximate surface area is 102 Å². The van der Waals surface area contributed by atoms with Gasteiger partial charge < -0.3 is 5.32 Å². The van der Waals surface area contributed by atoms with E-state index in [1.165, 1.54) is 0 Å². The number of anilines is 1. The van der Waals surface area contributed by atoms with Crippen molar-refractivity contribution in [2.75, 3.05) is 12.4 Å². The summed E-state index contributed by atoms with van der Waals surface area (Å²) in [6.45, 7) is 1.94. The number of aromatic nitrogens is 3. The van der Waals surface area contributed by atoms with Crippen molar-refractivity contribution >= 4 is 21.7 Å². The summed E-state index contributed by atoms with van der Waals surface area (Å²) in [7, 11) is 1.83. The lowest BCUT2D eigenvalue weighted by atomic mass is 10.3. The van der Waals surface area contributed by atoms with Crippen LogP contribution >= 0.6 is 15.9 Å². The second-order valence-electron chi connectivity index (χ2n) is 3.33. The molecule has 82 valence electrons. The molecule has 4 nitrogen and oxygen atoms in total. The van der Waals surface area contributed by atoms with E-state index in [0.717, 1.165) is 21.7 Å². The monoisotopic (exact) mass is 278 g/mol. The van der Waals surface area contributed by atoms with Gasteiger partial charge in [0.05, 0.1) is 0 Å². The number of pyridine rings is 1. The molecule has 2 heterocycles. The molecule has 1 N–H and O–H groups in total. The molecule has 5 heteroatoms. The lowest BCUT2D eigenvalue weighted by Crippen LogP contribution is -1.99. The first-order valence-corrected chi connectivity index (χ1v) is 5.63. The number of halogens is 1. The predicted octanol–water partition coefficient (Wildman–Crippen LogP) is 2.65. The summed E-state index contributed by atoms with van der Waals surface area (Å²) in [5.74, 6) is 1.43. The highest BCUT2D eigenvalue weighted by Gasteiger charge is 2.05. The fraction of sp³-hybridized carbons (Fsp3) is 0.182. The summed E-state index contributed by atoms with van der Waals surface area (Å²) in [5.41, 5.74) is 1.68. The smallest absolute Gasteiger partial charge is 0.180 e. The molecule has 0 atom stereocenters. The zero-order chi connectivity index (χ0) is 11.5. The topological polar surface area (TPSA) is 50.7 Å². The standard InChI is InChI=1S/C11H11BrN4/c1-7-5-10(13-2)16-11(15-7)9-4-3-8(12)6-14-9/h3-6H,1-2H3,(H,13,15,16). The van der Waals surface area contributed by atoms with Crippen molar-refractivity contribution in [3.8, 4) is 11.5 Å². The highest BCUT2D eigenvalue weighted by molar-refractivity contribution is 9.10. The second-order valence-corrected chi connectivity index (χ2v) is 4.25. The number of hydrogen-bond acceptors (Lipinski definition) is 4. The van der Waals surface area contributed by atoms with Gasteiger partial charge in [-0.1, -0.05) is 0 Å². The van der Waals surface area contributed by atoms with Gasteiger partial charge in [0.1, 0.15) is 11.5 Å². The fourth-order valence-corrected chi connectivity index (χ4v) is 1.55. The molecule has 0 radical (unpaired) electrons. The molecule has 0 bridgehead atoms. The van der Waals surface area contributed by atoms with Crippen molar-refractivity contribution in [1.29, 1.82) is 0 Å². The van der Waals surface area contributed by atoms with Gasteiger partial charge in [0.2, 0.25) is 0 Å². The Bertz CT molecular complexity index is 496. The van der Waals surface area contributed by atoms with Crippen molar-refractivity contribution in [3.05, 3.63) is 34.6 Å². The molecule has 16 heavy (non-hydrogen) atoms. The summed E-state index contributed by atoms with van der Waals surface area (Å²) >= 11 is 3.34. The molecule has 0 saturated carbocycles. The van der Waals surface area contributed by atoms with Gasteiger partial charge in [-0.3, -0.25) is 4.98 Å². The van der Waals surface area contributed by atoms with Crippen LogP contribution in [0.15, 0.2) is 28.9 Å². The highest BCUT2D eigenvalue weighted by atomic mass is 79.9. The Morgan fingerprint density at radius 1 is 1.25 bits per heavy atom. The highest BCUT2D eigenvalue weighted by Crippen LogP contribution is 2.17. The van der Waals surface area contributed by atoms with Crippen molar-refractivity contribution in [3.63, 3.8) is 0 Å². The molecule has 2 aromatic rings. The van der Waals surface area contributed by atoms with E-state index in [1.54, 1.807) is 6.20 Å². The van der Waals surface area contributed by atoms with Crippen LogP contribution in [0.5, 0.6) is 0 Å². The van der Waals surface area contributed by atoms with Gasteiger partial charge in [-0.15, -0.1) is 0 Å². The van der Waals surface area contributed by atoms with E-state index in [4.69, 9.17) is 0 Å². The van der Waals surface area contributed by atoms with Gasteiger partial charge >= 0.3 is 0 Å². The zero-order valence-corrected chi connectivity index (χ0v) is 10.6. The van der Waals surface area contributed by atoms with Crippen molar-refractivity contribution in [2.24, 2.45) is 0 Å². The lowest BCUT2D eigenvalue weighted by molar-refractivity contribution is 1.09. The Balaban J connectivity index is 2.47. The molecular weight excluding hydrogens is 268 g/mol. The third-order valence-electron chi connectivity index (χ3n) is 2.07. The number of nitrogens with one attached hydrogen (secondary N) is 1. The van der Waals surface area contributed by atoms with E-state index in [-0.39, 0.29) is 0 Å². The molecule has 0 spiro atoms. The van der Waals surface area contributed by atoms with E-state index in [1.807, 2.05) is 32.2 Å². The zero-order valence-electron chi connectivity index (χ0n) is 9.03. The SMILES string of the molecule is CNc1cc(C)nc(-c2ccc(Br)cn2)n1. The van der Waals surface area contributed by atoms with Crippen LogP contribution in [0.2, 0.25) is 0 Å². The quantitative estimate of drug-likeness (QED) is 0.918. The summed E-state index contributed by atoms with van der Waals surface area (Å²) < 4.78 is 0.942. The largest absolute Gasteiger partial charge is 0.373 e. The number of rotatable bonds is 2. The van der Waals surface area contributed by atoms with Crippen molar-refractivity contribution in [2.45, 2.75) is 6.92 Å². The fourth-order valence-electron chi connectivity index (χ4n) is 1.32. The first kappa shape index (κ1) is 11.0. The van der Waals surface area contributed by atoms with Gasteiger partial charge in [0.15, 0.2) is 5.82 Å². The van der Waals surface area contributed by atoms with E-state index < -0.39 is 0 Å². The number of hydrogen-bond donors (Lipinski definition) is 1. The van der Waals surface area contributed by atoms with Crippen LogP contribution in [0.1, 0.15) is 5.69 Å². The molecule has 2 aromatic heterocycles. The van der Waals surface area contributed by atoms with Crippen LogP contribution in [0.25, 0.3) is 11.5 Å².